The predicted octanol–water partition coefficient (Wildman–Crippen LogP) is -0.172. The Morgan fingerprint density at radius 1 is 1.50 bits per heavy atom. The Morgan fingerprint density at radius 3 is 2.00 bits per heavy atom. The molecular weight excluding hydrogens is 176 g/mol. The van der Waals surface area contributed by atoms with Crippen LogP contribution in [0.2, 0.25) is 5.54 Å². The van der Waals surface area contributed by atoms with Gasteiger partial charge in [-0.05, 0) is 18.9 Å². The zero-order chi connectivity index (χ0) is 9.94. The average Bonchev–Trinajstić information content (AvgIpc) is 1.85. The molecule has 0 fully saturated rings. The van der Waals surface area contributed by atoms with Crippen molar-refractivity contribution in [3.05, 3.63) is 12.2 Å². The fourth-order valence-electron chi connectivity index (χ4n) is 0.933. The lowest BCUT2D eigenvalue weighted by Gasteiger charge is -2.19. The molecule has 1 unspecified atom stereocenters. The van der Waals surface area contributed by atoms with Crippen molar-refractivity contribution < 1.29 is 19.2 Å². The maximum Gasteiger partial charge on any atom is 0.504 e. The molecule has 1 atom stereocenters. The summed E-state index contributed by atoms with van der Waals surface area (Å²) in [6, 6.07) is 0. The fraction of sp³-hybridized carbons (Fsp3) is 0.571. The van der Waals surface area contributed by atoms with Crippen LogP contribution in [0.1, 0.15) is 20.3 Å². The van der Waals surface area contributed by atoms with Gasteiger partial charge in [0.1, 0.15) is 0 Å². The van der Waals surface area contributed by atoms with Gasteiger partial charge in [-0.1, -0.05) is 13.5 Å². The van der Waals surface area contributed by atoms with Crippen LogP contribution in [-0.4, -0.2) is 29.0 Å². The van der Waals surface area contributed by atoms with E-state index in [1.54, 1.807) is 6.92 Å². The number of rotatable bonds is 4. The molecule has 0 aromatic rings. The molecule has 0 rings (SSSR count). The van der Waals surface area contributed by atoms with Gasteiger partial charge < -0.3 is 14.4 Å². The standard InChI is InChI=1S/C7H14O4Si/c1-4-6(12(9,10)11)7(8)5(2)3/h6,9-11H,2,4H2,1,3H3. The molecule has 0 spiro atoms. The summed E-state index contributed by atoms with van der Waals surface area (Å²) in [5.74, 6) is -0.475. The van der Waals surface area contributed by atoms with Crippen molar-refractivity contribution >= 4 is 14.6 Å². The molecule has 0 aliphatic heterocycles. The van der Waals surface area contributed by atoms with Crippen LogP contribution >= 0.6 is 0 Å². The number of Topliss-reactive ketones (excluding diaryl/α,β-unsaturated/α-hetero) is 1. The van der Waals surface area contributed by atoms with Gasteiger partial charge in [-0.3, -0.25) is 4.79 Å². The zero-order valence-electron chi connectivity index (χ0n) is 7.24. The van der Waals surface area contributed by atoms with E-state index < -0.39 is 20.1 Å². The number of carbonyl (C=O) groups is 1. The third-order valence-electron chi connectivity index (χ3n) is 1.61. The molecule has 4 nitrogen and oxygen atoms in total. The molecule has 0 aliphatic carbocycles. The van der Waals surface area contributed by atoms with Gasteiger partial charge >= 0.3 is 8.80 Å². The largest absolute Gasteiger partial charge is 0.504 e. The summed E-state index contributed by atoms with van der Waals surface area (Å²) < 4.78 is 0. The first-order chi connectivity index (χ1) is 5.30. The van der Waals surface area contributed by atoms with Crippen molar-refractivity contribution in [3.63, 3.8) is 0 Å². The molecule has 0 amide bonds. The Balaban J connectivity index is 4.58. The van der Waals surface area contributed by atoms with E-state index in [9.17, 15) is 4.79 Å². The van der Waals surface area contributed by atoms with E-state index in [1.165, 1.54) is 6.92 Å². The highest BCUT2D eigenvalue weighted by molar-refractivity contribution is 6.63. The summed E-state index contributed by atoms with van der Waals surface area (Å²) >= 11 is 0. The Bertz CT molecular complexity index is 194. The Morgan fingerprint density at radius 2 is 1.92 bits per heavy atom. The predicted molar refractivity (Wildman–Crippen MR) is 46.3 cm³/mol. The topological polar surface area (TPSA) is 77.8 Å². The minimum Gasteiger partial charge on any atom is -0.389 e. The van der Waals surface area contributed by atoms with Crippen LogP contribution in [0, 0.1) is 0 Å². The van der Waals surface area contributed by atoms with E-state index >= 15 is 0 Å². The first kappa shape index (κ1) is 11.5. The van der Waals surface area contributed by atoms with E-state index in [2.05, 4.69) is 6.58 Å². The molecule has 0 radical (unpaired) electrons. The van der Waals surface area contributed by atoms with Crippen LogP contribution < -0.4 is 0 Å². The van der Waals surface area contributed by atoms with Crippen molar-refractivity contribution in [2.24, 2.45) is 0 Å². The quantitative estimate of drug-likeness (QED) is 0.425. The van der Waals surface area contributed by atoms with Gasteiger partial charge in [0.15, 0.2) is 5.78 Å². The molecule has 12 heavy (non-hydrogen) atoms. The number of ketones is 1. The molecule has 0 heterocycles. The lowest BCUT2D eigenvalue weighted by atomic mass is 10.1. The van der Waals surface area contributed by atoms with Crippen LogP contribution in [0.15, 0.2) is 12.2 Å². The summed E-state index contributed by atoms with van der Waals surface area (Å²) in [7, 11) is -4.32. The molecule has 70 valence electrons. The summed E-state index contributed by atoms with van der Waals surface area (Å²) in [6.45, 7) is 6.46. The van der Waals surface area contributed by atoms with Gasteiger partial charge in [0.05, 0.1) is 5.54 Å². The summed E-state index contributed by atoms with van der Waals surface area (Å²) in [6.07, 6.45) is 0.210. The Labute approximate surface area is 72.5 Å². The van der Waals surface area contributed by atoms with Crippen molar-refractivity contribution in [3.8, 4) is 0 Å². The minimum atomic E-state index is -4.32. The second-order valence-electron chi connectivity index (χ2n) is 2.79. The molecular formula is C7H14O4Si. The third kappa shape index (κ3) is 2.86. The lowest BCUT2D eigenvalue weighted by molar-refractivity contribution is -0.116. The second kappa shape index (κ2) is 3.95. The second-order valence-corrected chi connectivity index (χ2v) is 4.86. The molecule has 0 aromatic carbocycles. The highest BCUT2D eigenvalue weighted by Gasteiger charge is 2.42. The minimum absolute atomic E-state index is 0.210. The maximum atomic E-state index is 11.2. The van der Waals surface area contributed by atoms with Crippen LogP contribution in [0.3, 0.4) is 0 Å². The highest BCUT2D eigenvalue weighted by Crippen LogP contribution is 2.22. The highest BCUT2D eigenvalue weighted by atomic mass is 28.4. The van der Waals surface area contributed by atoms with E-state index in [1.807, 2.05) is 0 Å². The normalized spacial score (nSPS) is 14.1. The van der Waals surface area contributed by atoms with Gasteiger partial charge in [0.2, 0.25) is 0 Å². The molecule has 0 aromatic heterocycles. The third-order valence-corrected chi connectivity index (χ3v) is 3.22. The SMILES string of the molecule is C=C(C)C(=O)C(CC)[Si](O)(O)O. The average molecular weight is 190 g/mol. The maximum absolute atomic E-state index is 11.2. The molecule has 0 saturated heterocycles. The lowest BCUT2D eigenvalue weighted by Crippen LogP contribution is -2.44. The van der Waals surface area contributed by atoms with Crippen LogP contribution in [0.4, 0.5) is 0 Å². The van der Waals surface area contributed by atoms with Gasteiger partial charge in [-0.25, -0.2) is 0 Å². The number of hydrogen-bond donors (Lipinski definition) is 3. The summed E-state index contributed by atoms with van der Waals surface area (Å²) in [5.41, 5.74) is -0.842. The number of hydrogen-bond acceptors (Lipinski definition) is 4. The molecule has 5 heteroatoms. The smallest absolute Gasteiger partial charge is 0.389 e. The number of allylic oxidation sites excluding steroid dienone is 1. The van der Waals surface area contributed by atoms with E-state index in [0.717, 1.165) is 0 Å². The monoisotopic (exact) mass is 190 g/mol. The molecule has 3 N–H and O–H groups in total. The molecule has 0 bridgehead atoms. The van der Waals surface area contributed by atoms with Crippen molar-refractivity contribution in [1.82, 2.24) is 0 Å². The number of carbonyl (C=O) groups excluding carboxylic acids is 1. The van der Waals surface area contributed by atoms with Gasteiger partial charge in [0.25, 0.3) is 0 Å². The van der Waals surface area contributed by atoms with Crippen LogP contribution in [0.25, 0.3) is 0 Å². The molecule has 0 saturated carbocycles. The zero-order valence-corrected chi connectivity index (χ0v) is 8.24. The van der Waals surface area contributed by atoms with Gasteiger partial charge in [-0.15, -0.1) is 0 Å². The Hall–Kier alpha value is -0.493. The Kier molecular flexibility index (Phi) is 3.79. The molecule has 0 aliphatic rings. The van der Waals surface area contributed by atoms with E-state index in [-0.39, 0.29) is 12.0 Å². The van der Waals surface area contributed by atoms with Gasteiger partial charge in [-0.2, -0.15) is 0 Å². The fourth-order valence-corrected chi connectivity index (χ4v) is 2.08. The van der Waals surface area contributed by atoms with Gasteiger partial charge in [0, 0.05) is 0 Å². The van der Waals surface area contributed by atoms with E-state index in [4.69, 9.17) is 14.4 Å². The van der Waals surface area contributed by atoms with Crippen LogP contribution in [0.5, 0.6) is 0 Å². The van der Waals surface area contributed by atoms with Crippen molar-refractivity contribution in [1.29, 1.82) is 0 Å². The summed E-state index contributed by atoms with van der Waals surface area (Å²) in [4.78, 5) is 37.8. The van der Waals surface area contributed by atoms with Crippen molar-refractivity contribution in [2.45, 2.75) is 25.8 Å². The van der Waals surface area contributed by atoms with E-state index in [0.29, 0.717) is 0 Å². The first-order valence-electron chi connectivity index (χ1n) is 3.67. The summed E-state index contributed by atoms with van der Waals surface area (Å²) in [5, 5.41) is 0. The van der Waals surface area contributed by atoms with Crippen LogP contribution in [-0.2, 0) is 4.79 Å². The van der Waals surface area contributed by atoms with Crippen molar-refractivity contribution in [2.75, 3.05) is 0 Å². The first-order valence-corrected chi connectivity index (χ1v) is 5.59.